The number of carbonyl (C=O) groups is 1. The average Bonchev–Trinajstić information content (AvgIpc) is 2.88. The Hall–Kier alpha value is -2.29. The van der Waals surface area contributed by atoms with E-state index in [4.69, 9.17) is 9.84 Å². The molecule has 3 N–H and O–H groups in total. The van der Waals surface area contributed by atoms with Crippen molar-refractivity contribution in [2.45, 2.75) is 5.16 Å². The molecule has 0 bridgehead atoms. The lowest BCUT2D eigenvalue weighted by atomic mass is 10.2. The van der Waals surface area contributed by atoms with Crippen LogP contribution in [0, 0.1) is 5.82 Å². The number of thioether (sulfide) groups is 1. The summed E-state index contributed by atoms with van der Waals surface area (Å²) in [6.45, 7) is 0. The van der Waals surface area contributed by atoms with E-state index in [0.717, 1.165) is 17.8 Å². The number of phenolic OH excluding ortho intramolecular Hbond substituents is 1. The van der Waals surface area contributed by atoms with Gasteiger partial charge in [-0.1, -0.05) is 11.8 Å². The summed E-state index contributed by atoms with van der Waals surface area (Å²) in [5, 5.41) is 25.8. The SMILES string of the molecule is COc1cc(-c2nnc(SCC(=O)O)[nH]2)cc(F)c1O. The van der Waals surface area contributed by atoms with Crippen LogP contribution in [0.15, 0.2) is 17.3 Å². The Morgan fingerprint density at radius 3 is 2.90 bits per heavy atom. The van der Waals surface area contributed by atoms with Gasteiger partial charge in [0.15, 0.2) is 28.3 Å². The number of phenols is 1. The maximum atomic E-state index is 13.5. The zero-order chi connectivity index (χ0) is 14.7. The standard InChI is InChI=1S/C11H10FN3O4S/c1-19-7-3-5(2-6(12)9(7)18)10-13-11(15-14-10)20-4-8(16)17/h2-3,18H,4H2,1H3,(H,16,17)(H,13,14,15). The fourth-order valence-electron chi connectivity index (χ4n) is 1.44. The molecule has 0 aliphatic carbocycles. The van der Waals surface area contributed by atoms with Crippen LogP contribution in [0.1, 0.15) is 0 Å². The van der Waals surface area contributed by atoms with Crippen LogP contribution in [-0.4, -0.2) is 44.2 Å². The molecule has 0 saturated heterocycles. The largest absolute Gasteiger partial charge is 0.502 e. The normalized spacial score (nSPS) is 10.5. The number of halogens is 1. The van der Waals surface area contributed by atoms with Gasteiger partial charge >= 0.3 is 5.97 Å². The summed E-state index contributed by atoms with van der Waals surface area (Å²) < 4.78 is 18.3. The Morgan fingerprint density at radius 2 is 2.25 bits per heavy atom. The van der Waals surface area contributed by atoms with E-state index in [1.54, 1.807) is 0 Å². The minimum atomic E-state index is -0.981. The van der Waals surface area contributed by atoms with Gasteiger partial charge < -0.3 is 19.9 Å². The molecule has 0 aliphatic heterocycles. The number of aliphatic carboxylic acids is 1. The first kappa shape index (κ1) is 14.1. The lowest BCUT2D eigenvalue weighted by Gasteiger charge is -2.05. The van der Waals surface area contributed by atoms with Gasteiger partial charge in [0.2, 0.25) is 0 Å². The van der Waals surface area contributed by atoms with Gasteiger partial charge in [0.05, 0.1) is 12.9 Å². The Bertz CT molecular complexity index is 647. The minimum Gasteiger partial charge on any atom is -0.502 e. The highest BCUT2D eigenvalue weighted by molar-refractivity contribution is 7.99. The summed E-state index contributed by atoms with van der Waals surface area (Å²) in [5.41, 5.74) is 0.326. The van der Waals surface area contributed by atoms with Gasteiger partial charge in [-0.25, -0.2) is 4.39 Å². The third-order valence-corrected chi connectivity index (χ3v) is 3.17. The summed E-state index contributed by atoms with van der Waals surface area (Å²) >= 11 is 0.958. The molecule has 0 aliphatic rings. The molecule has 0 radical (unpaired) electrons. The molecule has 0 saturated carbocycles. The van der Waals surface area contributed by atoms with E-state index in [-0.39, 0.29) is 17.3 Å². The smallest absolute Gasteiger partial charge is 0.313 e. The number of methoxy groups -OCH3 is 1. The van der Waals surface area contributed by atoms with E-state index < -0.39 is 17.5 Å². The number of nitrogens with zero attached hydrogens (tertiary/aromatic N) is 2. The van der Waals surface area contributed by atoms with Gasteiger partial charge in [-0.15, -0.1) is 10.2 Å². The van der Waals surface area contributed by atoms with Crippen molar-refractivity contribution in [3.63, 3.8) is 0 Å². The second-order valence-electron chi connectivity index (χ2n) is 3.67. The third kappa shape index (κ3) is 2.99. The number of ether oxygens (including phenoxy) is 1. The molecule has 0 fully saturated rings. The van der Waals surface area contributed by atoms with E-state index in [9.17, 15) is 14.3 Å². The summed E-state index contributed by atoms with van der Waals surface area (Å²) in [4.78, 5) is 13.2. The molecular weight excluding hydrogens is 289 g/mol. The molecule has 106 valence electrons. The number of carboxylic acids is 1. The molecule has 1 aromatic carbocycles. The predicted octanol–water partition coefficient (Wildman–Crippen LogP) is 1.50. The van der Waals surface area contributed by atoms with Crippen LogP contribution in [-0.2, 0) is 4.79 Å². The van der Waals surface area contributed by atoms with Gasteiger partial charge in [-0.2, -0.15) is 0 Å². The fraction of sp³-hybridized carbons (Fsp3) is 0.182. The van der Waals surface area contributed by atoms with Crippen molar-refractivity contribution < 1.29 is 24.1 Å². The second kappa shape index (κ2) is 5.78. The maximum absolute atomic E-state index is 13.5. The number of hydrogen-bond donors (Lipinski definition) is 3. The first-order chi connectivity index (χ1) is 9.51. The van der Waals surface area contributed by atoms with E-state index in [1.165, 1.54) is 13.2 Å². The monoisotopic (exact) mass is 299 g/mol. The van der Waals surface area contributed by atoms with Crippen LogP contribution in [0.2, 0.25) is 0 Å². The van der Waals surface area contributed by atoms with E-state index in [1.807, 2.05) is 0 Å². The molecule has 0 unspecified atom stereocenters. The fourth-order valence-corrected chi connectivity index (χ4v) is 1.97. The average molecular weight is 299 g/mol. The lowest BCUT2D eigenvalue weighted by Crippen LogP contribution is -1.97. The highest BCUT2D eigenvalue weighted by atomic mass is 32.2. The number of nitrogens with one attached hydrogen (secondary N) is 1. The highest BCUT2D eigenvalue weighted by Crippen LogP contribution is 2.33. The molecule has 0 spiro atoms. The molecule has 2 aromatic rings. The van der Waals surface area contributed by atoms with Crippen molar-refractivity contribution >= 4 is 17.7 Å². The number of H-pyrrole nitrogens is 1. The topological polar surface area (TPSA) is 108 Å². The zero-order valence-corrected chi connectivity index (χ0v) is 11.1. The Morgan fingerprint density at radius 1 is 1.50 bits per heavy atom. The van der Waals surface area contributed by atoms with E-state index in [0.29, 0.717) is 10.7 Å². The van der Waals surface area contributed by atoms with Crippen molar-refractivity contribution in [2.24, 2.45) is 0 Å². The van der Waals surface area contributed by atoms with E-state index in [2.05, 4.69) is 15.2 Å². The Labute approximate surface area is 116 Å². The molecule has 0 amide bonds. The molecule has 20 heavy (non-hydrogen) atoms. The quantitative estimate of drug-likeness (QED) is 0.718. The number of aromatic hydroxyl groups is 1. The highest BCUT2D eigenvalue weighted by Gasteiger charge is 2.14. The van der Waals surface area contributed by atoms with E-state index >= 15 is 0 Å². The number of aromatic amines is 1. The lowest BCUT2D eigenvalue weighted by molar-refractivity contribution is -0.133. The summed E-state index contributed by atoms with van der Waals surface area (Å²) in [6.07, 6.45) is 0. The van der Waals surface area contributed by atoms with Crippen molar-refractivity contribution in [3.05, 3.63) is 17.9 Å². The molecule has 0 atom stereocenters. The van der Waals surface area contributed by atoms with Crippen LogP contribution in [0.5, 0.6) is 11.5 Å². The number of hydrogen-bond acceptors (Lipinski definition) is 6. The Balaban J connectivity index is 2.28. The first-order valence-corrected chi connectivity index (χ1v) is 6.34. The van der Waals surface area contributed by atoms with Gasteiger partial charge in [-0.05, 0) is 12.1 Å². The number of carboxylic acid groups (broad SMARTS) is 1. The van der Waals surface area contributed by atoms with Gasteiger partial charge in [-0.3, -0.25) is 4.79 Å². The molecule has 1 heterocycles. The van der Waals surface area contributed by atoms with Crippen LogP contribution >= 0.6 is 11.8 Å². The molecule has 7 nitrogen and oxygen atoms in total. The van der Waals surface area contributed by atoms with Crippen LogP contribution in [0.3, 0.4) is 0 Å². The molecule has 2 rings (SSSR count). The van der Waals surface area contributed by atoms with Crippen molar-refractivity contribution in [3.8, 4) is 22.9 Å². The van der Waals surface area contributed by atoms with Gasteiger partial charge in [0, 0.05) is 5.56 Å². The maximum Gasteiger partial charge on any atom is 0.313 e. The van der Waals surface area contributed by atoms with Gasteiger partial charge in [0.25, 0.3) is 0 Å². The van der Waals surface area contributed by atoms with Crippen molar-refractivity contribution in [2.75, 3.05) is 12.9 Å². The number of aromatic nitrogens is 3. The summed E-state index contributed by atoms with van der Waals surface area (Å²) in [7, 11) is 1.30. The van der Waals surface area contributed by atoms with Crippen LogP contribution < -0.4 is 4.74 Å². The molecular formula is C11H10FN3O4S. The van der Waals surface area contributed by atoms with Crippen molar-refractivity contribution in [1.29, 1.82) is 0 Å². The summed E-state index contributed by atoms with van der Waals surface area (Å²) in [5.74, 6) is -2.37. The molecule has 9 heteroatoms. The van der Waals surface area contributed by atoms with Gasteiger partial charge in [0.1, 0.15) is 0 Å². The first-order valence-electron chi connectivity index (χ1n) is 5.35. The van der Waals surface area contributed by atoms with Crippen LogP contribution in [0.25, 0.3) is 11.4 Å². The Kier molecular flexibility index (Phi) is 4.08. The second-order valence-corrected chi connectivity index (χ2v) is 4.63. The van der Waals surface area contributed by atoms with Crippen LogP contribution in [0.4, 0.5) is 4.39 Å². The predicted molar refractivity (Wildman–Crippen MR) is 68.4 cm³/mol. The number of rotatable bonds is 5. The minimum absolute atomic E-state index is 0.0314. The number of benzene rings is 1. The third-order valence-electron chi connectivity index (χ3n) is 2.32. The molecule has 1 aromatic heterocycles. The summed E-state index contributed by atoms with van der Waals surface area (Å²) in [6, 6.07) is 2.47. The van der Waals surface area contributed by atoms with Crippen molar-refractivity contribution in [1.82, 2.24) is 15.2 Å². The zero-order valence-electron chi connectivity index (χ0n) is 10.3.